The van der Waals surface area contributed by atoms with Gasteiger partial charge in [0.15, 0.2) is 5.82 Å². The van der Waals surface area contributed by atoms with Gasteiger partial charge in [-0.15, -0.1) is 5.10 Å². The second-order valence-corrected chi connectivity index (χ2v) is 7.43. The van der Waals surface area contributed by atoms with Crippen LogP contribution in [0.2, 0.25) is 0 Å². The number of aromatic nitrogens is 5. The number of benzene rings is 1. The van der Waals surface area contributed by atoms with Crippen molar-refractivity contribution >= 4 is 16.9 Å². The van der Waals surface area contributed by atoms with Crippen LogP contribution in [-0.4, -0.2) is 55.1 Å². The Morgan fingerprint density at radius 3 is 2.48 bits per heavy atom. The van der Waals surface area contributed by atoms with Crippen LogP contribution < -0.4 is 5.32 Å². The van der Waals surface area contributed by atoms with Crippen molar-refractivity contribution in [3.63, 3.8) is 0 Å². The summed E-state index contributed by atoms with van der Waals surface area (Å²) in [6, 6.07) is 5.43. The molecule has 12 heteroatoms. The van der Waals surface area contributed by atoms with Gasteiger partial charge in [0.2, 0.25) is 0 Å². The molecule has 1 aliphatic rings. The number of hydrogen-bond acceptors (Lipinski definition) is 5. The average Bonchev–Trinajstić information content (AvgIpc) is 3.34. The third-order valence-corrected chi connectivity index (χ3v) is 4.87. The lowest BCUT2D eigenvalue weighted by molar-refractivity contribution is -0.192. The summed E-state index contributed by atoms with van der Waals surface area (Å²) in [5.74, 6) is -2.28. The quantitative estimate of drug-likeness (QED) is 0.603. The Morgan fingerprint density at radius 2 is 1.90 bits per heavy atom. The summed E-state index contributed by atoms with van der Waals surface area (Å²) in [4.78, 5) is 8.90. The fourth-order valence-electron chi connectivity index (χ4n) is 3.36. The molecular weight excluding hydrogens is 420 g/mol. The van der Waals surface area contributed by atoms with Crippen molar-refractivity contribution in [1.82, 2.24) is 30.1 Å². The van der Waals surface area contributed by atoms with Crippen molar-refractivity contribution < 1.29 is 27.5 Å². The molecule has 3 aromatic rings. The standard InChI is InChI=1S/C17H21FN6.C2HF3O2/c1-11(2)16-13-4-3-5-14(18)17(13)24(21-16)15-10-23(22-20-15)12-6-8-19-9-7-12;3-2(4,5)1(6)7/h3-5,10-12,19H,6-9H2,1-2H3;(H,6,7). The summed E-state index contributed by atoms with van der Waals surface area (Å²) in [7, 11) is 0. The SMILES string of the molecule is CC(C)c1nn(-c2cn(C3CCNCC3)nn2)c2c(F)cccc12.O=C(O)C(F)(F)F. The smallest absolute Gasteiger partial charge is 0.475 e. The maximum atomic E-state index is 14.4. The molecule has 0 spiro atoms. The summed E-state index contributed by atoms with van der Waals surface area (Å²) < 4.78 is 49.7. The number of piperidine rings is 1. The number of carbonyl (C=O) groups is 1. The molecule has 1 aromatic carbocycles. The summed E-state index contributed by atoms with van der Waals surface area (Å²) in [6.45, 7) is 6.08. The van der Waals surface area contributed by atoms with Gasteiger partial charge in [-0.05, 0) is 37.9 Å². The van der Waals surface area contributed by atoms with Crippen LogP contribution in [0.5, 0.6) is 0 Å². The second-order valence-electron chi connectivity index (χ2n) is 7.43. The van der Waals surface area contributed by atoms with Gasteiger partial charge < -0.3 is 10.4 Å². The summed E-state index contributed by atoms with van der Waals surface area (Å²) in [6.07, 6.45) is -1.17. The molecule has 1 fully saturated rings. The predicted octanol–water partition coefficient (Wildman–Crippen LogP) is 3.44. The number of nitrogens with zero attached hydrogens (tertiary/aromatic N) is 5. The number of aliphatic carboxylic acids is 1. The molecule has 0 amide bonds. The van der Waals surface area contributed by atoms with Crippen molar-refractivity contribution in [2.24, 2.45) is 0 Å². The van der Waals surface area contributed by atoms with E-state index in [-0.39, 0.29) is 11.7 Å². The van der Waals surface area contributed by atoms with Crippen molar-refractivity contribution in [2.45, 2.75) is 44.8 Å². The molecule has 4 rings (SSSR count). The van der Waals surface area contributed by atoms with Gasteiger partial charge in [0.1, 0.15) is 11.3 Å². The van der Waals surface area contributed by atoms with E-state index in [1.807, 2.05) is 16.9 Å². The Balaban J connectivity index is 0.000000339. The average molecular weight is 442 g/mol. The number of rotatable bonds is 3. The van der Waals surface area contributed by atoms with E-state index in [1.54, 1.807) is 10.7 Å². The minimum absolute atomic E-state index is 0.204. The molecule has 31 heavy (non-hydrogen) atoms. The minimum Gasteiger partial charge on any atom is -0.475 e. The fraction of sp³-hybridized carbons (Fsp3) is 0.474. The largest absolute Gasteiger partial charge is 0.490 e. The van der Waals surface area contributed by atoms with Crippen LogP contribution in [0.4, 0.5) is 17.6 Å². The van der Waals surface area contributed by atoms with Crippen molar-refractivity contribution in [3.8, 4) is 5.82 Å². The number of hydrogen-bond donors (Lipinski definition) is 2. The van der Waals surface area contributed by atoms with E-state index in [2.05, 4.69) is 34.6 Å². The highest BCUT2D eigenvalue weighted by Gasteiger charge is 2.38. The second kappa shape index (κ2) is 9.00. The van der Waals surface area contributed by atoms with E-state index in [0.717, 1.165) is 37.0 Å². The summed E-state index contributed by atoms with van der Waals surface area (Å²) >= 11 is 0. The number of carboxylic acid groups (broad SMARTS) is 1. The van der Waals surface area contributed by atoms with Gasteiger partial charge >= 0.3 is 12.1 Å². The lowest BCUT2D eigenvalue weighted by Gasteiger charge is -2.21. The van der Waals surface area contributed by atoms with Gasteiger partial charge in [-0.1, -0.05) is 31.2 Å². The number of carboxylic acids is 1. The van der Waals surface area contributed by atoms with Crippen LogP contribution in [0.1, 0.15) is 44.3 Å². The molecule has 0 atom stereocenters. The van der Waals surface area contributed by atoms with Gasteiger partial charge in [-0.3, -0.25) is 0 Å². The molecule has 8 nitrogen and oxygen atoms in total. The van der Waals surface area contributed by atoms with Gasteiger partial charge in [0.05, 0.1) is 17.9 Å². The predicted molar refractivity (Wildman–Crippen MR) is 104 cm³/mol. The molecule has 1 saturated heterocycles. The summed E-state index contributed by atoms with van der Waals surface area (Å²) in [5, 5.41) is 24.4. The first-order valence-corrected chi connectivity index (χ1v) is 9.69. The monoisotopic (exact) mass is 442 g/mol. The summed E-state index contributed by atoms with van der Waals surface area (Å²) in [5.41, 5.74) is 1.35. The van der Waals surface area contributed by atoms with E-state index in [9.17, 15) is 17.6 Å². The van der Waals surface area contributed by atoms with Crippen molar-refractivity contribution in [2.75, 3.05) is 13.1 Å². The maximum absolute atomic E-state index is 14.4. The first-order chi connectivity index (χ1) is 14.6. The Bertz CT molecular complexity index is 1050. The molecule has 1 aliphatic heterocycles. The highest BCUT2D eigenvalue weighted by Crippen LogP contribution is 2.28. The van der Waals surface area contributed by atoms with Gasteiger partial charge in [0.25, 0.3) is 0 Å². The molecule has 2 N–H and O–H groups in total. The highest BCUT2D eigenvalue weighted by molar-refractivity contribution is 5.84. The molecule has 0 aliphatic carbocycles. The Labute approximate surface area is 174 Å². The zero-order valence-corrected chi connectivity index (χ0v) is 16.9. The minimum atomic E-state index is -5.08. The molecule has 0 saturated carbocycles. The fourth-order valence-corrected chi connectivity index (χ4v) is 3.36. The van der Waals surface area contributed by atoms with E-state index in [4.69, 9.17) is 9.90 Å². The van der Waals surface area contributed by atoms with Crippen LogP contribution in [0, 0.1) is 5.82 Å². The molecule has 2 aromatic heterocycles. The van der Waals surface area contributed by atoms with E-state index in [0.29, 0.717) is 17.4 Å². The van der Waals surface area contributed by atoms with E-state index >= 15 is 0 Å². The van der Waals surface area contributed by atoms with E-state index < -0.39 is 12.1 Å². The molecule has 0 unspecified atom stereocenters. The number of halogens is 4. The maximum Gasteiger partial charge on any atom is 0.490 e. The van der Waals surface area contributed by atoms with Crippen molar-refractivity contribution in [1.29, 1.82) is 0 Å². The number of fused-ring (bicyclic) bond motifs is 1. The topological polar surface area (TPSA) is 97.9 Å². The van der Waals surface area contributed by atoms with Crippen LogP contribution in [0.25, 0.3) is 16.7 Å². The number of para-hydroxylation sites is 1. The zero-order valence-electron chi connectivity index (χ0n) is 16.9. The van der Waals surface area contributed by atoms with Gasteiger partial charge in [-0.2, -0.15) is 18.3 Å². The molecule has 0 bridgehead atoms. The molecular formula is C19H22F4N6O2. The van der Waals surface area contributed by atoms with E-state index in [1.165, 1.54) is 6.07 Å². The Hall–Kier alpha value is -3.02. The highest BCUT2D eigenvalue weighted by atomic mass is 19.4. The Kier molecular flexibility index (Phi) is 6.58. The van der Waals surface area contributed by atoms with Crippen LogP contribution in [-0.2, 0) is 4.79 Å². The molecule has 0 radical (unpaired) electrons. The van der Waals surface area contributed by atoms with Crippen LogP contribution >= 0.6 is 0 Å². The molecule has 168 valence electrons. The normalized spacial score (nSPS) is 15.2. The third kappa shape index (κ3) is 5.01. The Morgan fingerprint density at radius 1 is 1.26 bits per heavy atom. The van der Waals surface area contributed by atoms with Crippen molar-refractivity contribution in [3.05, 3.63) is 35.9 Å². The van der Waals surface area contributed by atoms with Crippen LogP contribution in [0.3, 0.4) is 0 Å². The zero-order chi connectivity index (χ0) is 22.8. The lowest BCUT2D eigenvalue weighted by Crippen LogP contribution is -2.29. The lowest BCUT2D eigenvalue weighted by atomic mass is 10.1. The molecule has 3 heterocycles. The first-order valence-electron chi connectivity index (χ1n) is 9.69. The van der Waals surface area contributed by atoms with Gasteiger partial charge in [0, 0.05) is 5.39 Å². The third-order valence-electron chi connectivity index (χ3n) is 4.87. The number of nitrogens with one attached hydrogen (secondary N) is 1. The van der Waals surface area contributed by atoms with Gasteiger partial charge in [-0.25, -0.2) is 18.5 Å². The first kappa shape index (κ1) is 22.7. The number of alkyl halides is 3. The van der Waals surface area contributed by atoms with Crippen LogP contribution in [0.15, 0.2) is 24.4 Å².